The molecule has 0 amide bonds. The lowest BCUT2D eigenvalue weighted by Crippen LogP contribution is -2.33. The van der Waals surface area contributed by atoms with E-state index in [1.807, 2.05) is 0 Å². The highest BCUT2D eigenvalue weighted by Gasteiger charge is 2.41. The molecule has 12 heavy (non-hydrogen) atoms. The summed E-state index contributed by atoms with van der Waals surface area (Å²) >= 11 is 0. The minimum absolute atomic E-state index is 0.461. The van der Waals surface area contributed by atoms with Crippen molar-refractivity contribution in [2.75, 3.05) is 40.4 Å². The third kappa shape index (κ3) is 2.73. The van der Waals surface area contributed by atoms with Gasteiger partial charge in [-0.2, -0.15) is 0 Å². The lowest BCUT2D eigenvalue weighted by atomic mass is 10.1. The molecule has 1 saturated carbocycles. The molecule has 3 nitrogen and oxygen atoms in total. The number of ether oxygens (including phenoxy) is 1. The fourth-order valence-corrected chi connectivity index (χ4v) is 1.50. The fraction of sp³-hybridized carbons (Fsp3) is 1.00. The van der Waals surface area contributed by atoms with Crippen molar-refractivity contribution in [3.05, 3.63) is 0 Å². The maximum absolute atomic E-state index is 5.69. The summed E-state index contributed by atoms with van der Waals surface area (Å²) in [7, 11) is 3.87. The van der Waals surface area contributed by atoms with E-state index in [4.69, 9.17) is 10.5 Å². The Balaban J connectivity index is 2.13. The van der Waals surface area contributed by atoms with Crippen molar-refractivity contribution < 1.29 is 4.74 Å². The Morgan fingerprint density at radius 1 is 1.50 bits per heavy atom. The van der Waals surface area contributed by atoms with Crippen LogP contribution in [0.2, 0.25) is 0 Å². The third-order valence-electron chi connectivity index (χ3n) is 2.67. The van der Waals surface area contributed by atoms with Gasteiger partial charge in [0.25, 0.3) is 0 Å². The Labute approximate surface area is 74.9 Å². The van der Waals surface area contributed by atoms with Gasteiger partial charge in [0.1, 0.15) is 0 Å². The second-order valence-electron chi connectivity index (χ2n) is 3.93. The van der Waals surface area contributed by atoms with Gasteiger partial charge in [-0.15, -0.1) is 0 Å². The molecule has 0 atom stereocenters. The van der Waals surface area contributed by atoms with Crippen LogP contribution in [0.1, 0.15) is 12.8 Å². The van der Waals surface area contributed by atoms with Crippen molar-refractivity contribution in [1.29, 1.82) is 0 Å². The van der Waals surface area contributed by atoms with Crippen molar-refractivity contribution in [2.45, 2.75) is 12.8 Å². The van der Waals surface area contributed by atoms with Crippen LogP contribution in [0, 0.1) is 5.41 Å². The monoisotopic (exact) mass is 172 g/mol. The summed E-state index contributed by atoms with van der Waals surface area (Å²) in [5, 5.41) is 0. The first kappa shape index (κ1) is 9.96. The zero-order chi connectivity index (χ0) is 9.03. The van der Waals surface area contributed by atoms with Crippen molar-refractivity contribution in [1.82, 2.24) is 4.90 Å². The largest absolute Gasteiger partial charge is 0.383 e. The van der Waals surface area contributed by atoms with Gasteiger partial charge in [0.2, 0.25) is 0 Å². The maximum atomic E-state index is 5.69. The molecule has 1 fully saturated rings. The second kappa shape index (κ2) is 4.21. The zero-order valence-electron chi connectivity index (χ0n) is 8.18. The Morgan fingerprint density at radius 2 is 2.17 bits per heavy atom. The van der Waals surface area contributed by atoms with E-state index in [2.05, 4.69) is 11.9 Å². The van der Waals surface area contributed by atoms with Gasteiger partial charge >= 0.3 is 0 Å². The molecule has 0 aromatic rings. The summed E-state index contributed by atoms with van der Waals surface area (Å²) in [5.74, 6) is 0. The van der Waals surface area contributed by atoms with Crippen LogP contribution in [-0.2, 0) is 4.74 Å². The van der Waals surface area contributed by atoms with E-state index < -0.39 is 0 Å². The molecule has 0 unspecified atom stereocenters. The molecule has 0 radical (unpaired) electrons. The van der Waals surface area contributed by atoms with Gasteiger partial charge < -0.3 is 15.4 Å². The van der Waals surface area contributed by atoms with Gasteiger partial charge in [0.05, 0.1) is 6.61 Å². The molecule has 1 aliphatic rings. The molecule has 0 heterocycles. The molecule has 1 aliphatic carbocycles. The smallest absolute Gasteiger partial charge is 0.0589 e. The lowest BCUT2D eigenvalue weighted by molar-refractivity contribution is 0.150. The first-order valence-electron chi connectivity index (χ1n) is 4.60. The fourth-order valence-electron chi connectivity index (χ4n) is 1.50. The van der Waals surface area contributed by atoms with Crippen molar-refractivity contribution in [2.24, 2.45) is 11.1 Å². The van der Waals surface area contributed by atoms with Crippen LogP contribution in [-0.4, -0.2) is 45.3 Å². The van der Waals surface area contributed by atoms with Crippen LogP contribution in [0.15, 0.2) is 0 Å². The maximum Gasteiger partial charge on any atom is 0.0589 e. The molecule has 0 spiro atoms. The number of hydrogen-bond acceptors (Lipinski definition) is 3. The van der Waals surface area contributed by atoms with Crippen molar-refractivity contribution in [3.8, 4) is 0 Å². The van der Waals surface area contributed by atoms with Crippen molar-refractivity contribution in [3.63, 3.8) is 0 Å². The second-order valence-corrected chi connectivity index (χ2v) is 3.93. The summed E-state index contributed by atoms with van der Waals surface area (Å²) in [6.45, 7) is 3.80. The molecule has 72 valence electrons. The average Bonchev–Trinajstić information content (AvgIpc) is 2.82. The van der Waals surface area contributed by atoms with Gasteiger partial charge in [-0.05, 0) is 31.8 Å². The van der Waals surface area contributed by atoms with E-state index in [1.54, 1.807) is 7.11 Å². The first-order chi connectivity index (χ1) is 5.72. The molecule has 2 N–H and O–H groups in total. The number of methoxy groups -OCH3 is 1. The normalized spacial score (nSPS) is 20.0. The van der Waals surface area contributed by atoms with Crippen LogP contribution in [0.4, 0.5) is 0 Å². The molecule has 0 aliphatic heterocycles. The van der Waals surface area contributed by atoms with Gasteiger partial charge in [-0.1, -0.05) is 0 Å². The summed E-state index contributed by atoms with van der Waals surface area (Å²) in [6.07, 6.45) is 2.61. The summed E-state index contributed by atoms with van der Waals surface area (Å²) in [4.78, 5) is 2.31. The predicted octanol–water partition coefficient (Wildman–Crippen LogP) is 0.304. The van der Waals surface area contributed by atoms with Crippen LogP contribution >= 0.6 is 0 Å². The quantitative estimate of drug-likeness (QED) is 0.626. The molecular weight excluding hydrogens is 152 g/mol. The van der Waals surface area contributed by atoms with Crippen molar-refractivity contribution >= 4 is 0 Å². The molecule has 0 saturated heterocycles. The number of nitrogens with zero attached hydrogens (tertiary/aromatic N) is 1. The Hall–Kier alpha value is -0.120. The molecular formula is C9H20N2O. The highest BCUT2D eigenvalue weighted by molar-refractivity contribution is 4.95. The Morgan fingerprint density at radius 3 is 2.58 bits per heavy atom. The van der Waals surface area contributed by atoms with E-state index in [-0.39, 0.29) is 0 Å². The molecule has 1 rings (SSSR count). The van der Waals surface area contributed by atoms with E-state index in [1.165, 1.54) is 12.8 Å². The number of likely N-dealkylation sites (N-methyl/N-ethyl adjacent to an activating group) is 1. The van der Waals surface area contributed by atoms with Gasteiger partial charge in [0.15, 0.2) is 0 Å². The van der Waals surface area contributed by atoms with E-state index in [0.717, 1.165) is 26.2 Å². The minimum atomic E-state index is 0.461. The van der Waals surface area contributed by atoms with E-state index in [9.17, 15) is 0 Å². The zero-order valence-corrected chi connectivity index (χ0v) is 8.18. The summed E-state index contributed by atoms with van der Waals surface area (Å²) in [6, 6.07) is 0. The predicted molar refractivity (Wildman–Crippen MR) is 50.1 cm³/mol. The molecule has 3 heteroatoms. The lowest BCUT2D eigenvalue weighted by Gasteiger charge is -2.21. The summed E-state index contributed by atoms with van der Waals surface area (Å²) < 4.78 is 5.01. The van der Waals surface area contributed by atoms with Gasteiger partial charge in [-0.3, -0.25) is 0 Å². The number of nitrogens with two attached hydrogens (primary N) is 1. The van der Waals surface area contributed by atoms with Crippen LogP contribution in [0.5, 0.6) is 0 Å². The van der Waals surface area contributed by atoms with E-state index in [0.29, 0.717) is 5.41 Å². The van der Waals surface area contributed by atoms with Crippen LogP contribution in [0.3, 0.4) is 0 Å². The number of hydrogen-bond donors (Lipinski definition) is 1. The summed E-state index contributed by atoms with van der Waals surface area (Å²) in [5.41, 5.74) is 6.15. The highest BCUT2D eigenvalue weighted by Crippen LogP contribution is 2.44. The Bertz CT molecular complexity index is 134. The highest BCUT2D eigenvalue weighted by atomic mass is 16.5. The topological polar surface area (TPSA) is 38.5 Å². The first-order valence-corrected chi connectivity index (χ1v) is 4.60. The van der Waals surface area contributed by atoms with Crippen LogP contribution < -0.4 is 5.73 Å². The van der Waals surface area contributed by atoms with Gasteiger partial charge in [0, 0.05) is 20.2 Å². The average molecular weight is 172 g/mol. The molecule has 0 aromatic carbocycles. The SMILES string of the molecule is COCCN(C)CC1(CN)CC1. The standard InChI is InChI=1S/C9H20N2O/c1-11(5-6-12-2)8-9(7-10)3-4-9/h3-8,10H2,1-2H3. The minimum Gasteiger partial charge on any atom is -0.383 e. The third-order valence-corrected chi connectivity index (χ3v) is 2.67. The molecule has 0 bridgehead atoms. The molecule has 0 aromatic heterocycles. The van der Waals surface area contributed by atoms with Crippen LogP contribution in [0.25, 0.3) is 0 Å². The Kier molecular flexibility index (Phi) is 3.50. The number of rotatable bonds is 6. The van der Waals surface area contributed by atoms with Gasteiger partial charge in [-0.25, -0.2) is 0 Å². The van der Waals surface area contributed by atoms with E-state index >= 15 is 0 Å².